The van der Waals surface area contributed by atoms with Crippen LogP contribution in [0, 0.1) is 31.6 Å². The third-order valence-corrected chi connectivity index (χ3v) is 2.48. The first-order valence-corrected chi connectivity index (χ1v) is 4.36. The van der Waals surface area contributed by atoms with E-state index in [0.717, 1.165) is 12.1 Å². The molecule has 0 saturated carbocycles. The molecule has 0 fully saturated rings. The molecule has 0 amide bonds. The standard InChI is InChI=1S/C7H3N3O4S/c8-4-3-5(9(11)12)6-1-2-7(15-6)10(13)14/h1-3H. The fraction of sp³-hybridized carbons (Fsp3) is 0. The van der Waals surface area contributed by atoms with Crippen molar-refractivity contribution in [2.75, 3.05) is 0 Å². The van der Waals surface area contributed by atoms with Gasteiger partial charge in [0.25, 0.3) is 5.70 Å². The van der Waals surface area contributed by atoms with Gasteiger partial charge in [-0.2, -0.15) is 5.26 Å². The molecule has 0 N–H and O–H groups in total. The summed E-state index contributed by atoms with van der Waals surface area (Å²) in [4.78, 5) is 19.5. The maximum atomic E-state index is 10.5. The zero-order chi connectivity index (χ0) is 11.4. The molecule has 8 heteroatoms. The molecule has 0 atom stereocenters. The summed E-state index contributed by atoms with van der Waals surface area (Å²) in [5, 5.41) is 28.9. The molecule has 0 aromatic carbocycles. The quantitative estimate of drug-likeness (QED) is 0.442. The lowest BCUT2D eigenvalue weighted by Gasteiger charge is -1.89. The molecule has 0 unspecified atom stereocenters. The summed E-state index contributed by atoms with van der Waals surface area (Å²) >= 11 is 0.657. The Morgan fingerprint density at radius 1 is 1.47 bits per heavy atom. The Morgan fingerprint density at radius 3 is 2.53 bits per heavy atom. The number of hydrogen-bond donors (Lipinski definition) is 0. The van der Waals surface area contributed by atoms with Gasteiger partial charge in [0, 0.05) is 6.07 Å². The molecule has 7 nitrogen and oxygen atoms in total. The highest BCUT2D eigenvalue weighted by atomic mass is 32.1. The van der Waals surface area contributed by atoms with Crippen LogP contribution in [-0.2, 0) is 0 Å². The molecule has 15 heavy (non-hydrogen) atoms. The van der Waals surface area contributed by atoms with Crippen LogP contribution in [0.5, 0.6) is 0 Å². The van der Waals surface area contributed by atoms with Crippen molar-refractivity contribution in [2.45, 2.75) is 0 Å². The van der Waals surface area contributed by atoms with E-state index in [2.05, 4.69) is 0 Å². The molecule has 0 saturated heterocycles. The monoisotopic (exact) mass is 225 g/mol. The number of nitriles is 1. The van der Waals surface area contributed by atoms with Gasteiger partial charge < -0.3 is 0 Å². The highest BCUT2D eigenvalue weighted by Crippen LogP contribution is 2.29. The SMILES string of the molecule is N#CC=C(c1ccc([N+](=O)[O-])s1)[N+](=O)[O-]. The third kappa shape index (κ3) is 2.35. The topological polar surface area (TPSA) is 110 Å². The normalized spacial score (nSPS) is 10.7. The lowest BCUT2D eigenvalue weighted by molar-refractivity contribution is -0.380. The Morgan fingerprint density at radius 2 is 2.13 bits per heavy atom. The minimum atomic E-state index is -0.751. The van der Waals surface area contributed by atoms with Gasteiger partial charge in [0.2, 0.25) is 0 Å². The Bertz CT molecular complexity index is 485. The van der Waals surface area contributed by atoms with E-state index < -0.39 is 15.5 Å². The van der Waals surface area contributed by atoms with Gasteiger partial charge in [-0.05, 0) is 6.07 Å². The fourth-order valence-corrected chi connectivity index (χ4v) is 1.65. The smallest absolute Gasteiger partial charge is 0.258 e. The number of hydrogen-bond acceptors (Lipinski definition) is 6. The van der Waals surface area contributed by atoms with Crippen molar-refractivity contribution in [3.8, 4) is 6.07 Å². The third-order valence-electron chi connectivity index (χ3n) is 1.42. The second kappa shape index (κ2) is 4.30. The van der Waals surface area contributed by atoms with Crippen molar-refractivity contribution in [3.05, 3.63) is 43.3 Å². The molecule has 0 bridgehead atoms. The predicted molar refractivity (Wildman–Crippen MR) is 51.6 cm³/mol. The average Bonchev–Trinajstić information content (AvgIpc) is 2.62. The molecule has 1 rings (SSSR count). The summed E-state index contributed by atoms with van der Waals surface area (Å²) in [6.45, 7) is 0. The maximum Gasteiger partial charge on any atom is 0.324 e. The fourth-order valence-electron chi connectivity index (χ4n) is 0.838. The minimum Gasteiger partial charge on any atom is -0.258 e. The number of nitrogens with zero attached hydrogens (tertiary/aromatic N) is 3. The molecular weight excluding hydrogens is 222 g/mol. The van der Waals surface area contributed by atoms with Gasteiger partial charge in [-0.25, -0.2) is 0 Å². The first-order chi connectivity index (χ1) is 7.06. The largest absolute Gasteiger partial charge is 0.324 e. The van der Waals surface area contributed by atoms with Crippen LogP contribution in [0.1, 0.15) is 4.88 Å². The van der Waals surface area contributed by atoms with Crippen molar-refractivity contribution < 1.29 is 9.85 Å². The van der Waals surface area contributed by atoms with E-state index in [-0.39, 0.29) is 9.88 Å². The summed E-state index contributed by atoms with van der Waals surface area (Å²) in [6.07, 6.45) is 0.746. The van der Waals surface area contributed by atoms with Gasteiger partial charge in [0.15, 0.2) is 0 Å². The molecule has 1 aromatic heterocycles. The summed E-state index contributed by atoms with van der Waals surface area (Å²) in [7, 11) is 0. The van der Waals surface area contributed by atoms with Gasteiger partial charge in [-0.15, -0.1) is 0 Å². The first-order valence-electron chi connectivity index (χ1n) is 3.55. The molecule has 1 heterocycles. The number of thiophene rings is 1. The van der Waals surface area contributed by atoms with Crippen molar-refractivity contribution in [1.29, 1.82) is 5.26 Å². The first kappa shape index (κ1) is 10.8. The predicted octanol–water partition coefficient (Wildman–Crippen LogP) is 1.80. The van der Waals surface area contributed by atoms with E-state index >= 15 is 0 Å². The van der Waals surface area contributed by atoms with Crippen molar-refractivity contribution in [2.24, 2.45) is 0 Å². The van der Waals surface area contributed by atoms with Crippen LogP contribution in [0.4, 0.5) is 5.00 Å². The van der Waals surface area contributed by atoms with Gasteiger partial charge in [0.05, 0.1) is 22.0 Å². The molecule has 0 radical (unpaired) electrons. The van der Waals surface area contributed by atoms with Crippen LogP contribution in [-0.4, -0.2) is 9.85 Å². The number of nitro groups is 2. The van der Waals surface area contributed by atoms with Crippen LogP contribution >= 0.6 is 11.3 Å². The highest BCUT2D eigenvalue weighted by molar-refractivity contribution is 7.16. The van der Waals surface area contributed by atoms with Gasteiger partial charge >= 0.3 is 5.00 Å². The van der Waals surface area contributed by atoms with Gasteiger partial charge in [0.1, 0.15) is 4.88 Å². The molecule has 0 aliphatic carbocycles. The maximum absolute atomic E-state index is 10.5. The molecular formula is C7H3N3O4S. The second-order valence-corrected chi connectivity index (χ2v) is 3.37. The van der Waals surface area contributed by atoms with Crippen LogP contribution in [0.3, 0.4) is 0 Å². The van der Waals surface area contributed by atoms with Crippen LogP contribution in [0.25, 0.3) is 5.70 Å². The minimum absolute atomic E-state index is 0.0910. The van der Waals surface area contributed by atoms with Gasteiger partial charge in [-0.3, -0.25) is 20.2 Å². The zero-order valence-electron chi connectivity index (χ0n) is 7.11. The summed E-state index contributed by atoms with van der Waals surface area (Å²) in [6, 6.07) is 3.93. The Balaban J connectivity index is 3.15. The lowest BCUT2D eigenvalue weighted by atomic mass is 10.3. The Kier molecular flexibility index (Phi) is 3.10. The Hall–Kier alpha value is -2.27. The molecule has 76 valence electrons. The summed E-state index contributed by atoms with van der Waals surface area (Å²) in [5.74, 6) is 0. The van der Waals surface area contributed by atoms with E-state index in [0.29, 0.717) is 11.3 Å². The summed E-state index contributed by atoms with van der Waals surface area (Å²) in [5.41, 5.74) is -0.435. The number of allylic oxidation sites excluding steroid dienone is 1. The van der Waals surface area contributed by atoms with Crippen molar-refractivity contribution in [3.63, 3.8) is 0 Å². The lowest BCUT2D eigenvalue weighted by Crippen LogP contribution is -1.94. The van der Waals surface area contributed by atoms with E-state index in [1.54, 1.807) is 0 Å². The summed E-state index contributed by atoms with van der Waals surface area (Å²) < 4.78 is 0. The second-order valence-electron chi connectivity index (χ2n) is 2.31. The van der Waals surface area contributed by atoms with Crippen LogP contribution < -0.4 is 0 Å². The van der Waals surface area contributed by atoms with E-state index in [9.17, 15) is 20.2 Å². The van der Waals surface area contributed by atoms with Crippen molar-refractivity contribution in [1.82, 2.24) is 0 Å². The molecule has 1 aromatic rings. The molecule has 0 aliphatic rings. The van der Waals surface area contributed by atoms with E-state index in [1.165, 1.54) is 12.1 Å². The van der Waals surface area contributed by atoms with Crippen LogP contribution in [0.15, 0.2) is 18.2 Å². The van der Waals surface area contributed by atoms with E-state index in [1.807, 2.05) is 0 Å². The van der Waals surface area contributed by atoms with Crippen LogP contribution in [0.2, 0.25) is 0 Å². The van der Waals surface area contributed by atoms with Crippen molar-refractivity contribution >= 4 is 22.0 Å². The van der Waals surface area contributed by atoms with E-state index in [4.69, 9.17) is 5.26 Å². The Labute approximate surface area is 87.2 Å². The number of rotatable bonds is 3. The average molecular weight is 225 g/mol. The van der Waals surface area contributed by atoms with Gasteiger partial charge in [-0.1, -0.05) is 11.3 Å². The molecule has 0 aliphatic heterocycles. The molecule has 0 spiro atoms. The zero-order valence-corrected chi connectivity index (χ0v) is 7.93. The highest BCUT2D eigenvalue weighted by Gasteiger charge is 2.20.